The molecule has 1 amide bonds. The van der Waals surface area contributed by atoms with Gasteiger partial charge in [-0.15, -0.1) is 0 Å². The first kappa shape index (κ1) is 16.6. The SMILES string of the molecule is COc1ccc(C(=O)NOCCOc2ccccc2)cc1OC. The molecule has 0 aliphatic carbocycles. The molecule has 0 saturated heterocycles. The third-order valence-corrected chi connectivity index (χ3v) is 3.01. The van der Waals surface area contributed by atoms with Crippen LogP contribution in [-0.2, 0) is 4.84 Å². The lowest BCUT2D eigenvalue weighted by molar-refractivity contribution is 0.0200. The first-order chi connectivity index (χ1) is 11.2. The summed E-state index contributed by atoms with van der Waals surface area (Å²) in [6.45, 7) is 0.560. The van der Waals surface area contributed by atoms with E-state index in [0.29, 0.717) is 23.7 Å². The fourth-order valence-electron chi connectivity index (χ4n) is 1.87. The van der Waals surface area contributed by atoms with Gasteiger partial charge in [-0.1, -0.05) is 18.2 Å². The van der Waals surface area contributed by atoms with Crippen LogP contribution >= 0.6 is 0 Å². The van der Waals surface area contributed by atoms with Crippen LogP contribution in [0.15, 0.2) is 48.5 Å². The van der Waals surface area contributed by atoms with Gasteiger partial charge in [0.1, 0.15) is 19.0 Å². The van der Waals surface area contributed by atoms with Crippen molar-refractivity contribution in [1.29, 1.82) is 0 Å². The average molecular weight is 317 g/mol. The number of methoxy groups -OCH3 is 2. The molecule has 2 aromatic rings. The fourth-order valence-corrected chi connectivity index (χ4v) is 1.87. The third kappa shape index (κ3) is 4.89. The van der Waals surface area contributed by atoms with Gasteiger partial charge in [-0.05, 0) is 30.3 Å². The smallest absolute Gasteiger partial charge is 0.274 e. The number of rotatable bonds is 8. The highest BCUT2D eigenvalue weighted by Crippen LogP contribution is 2.27. The minimum atomic E-state index is -0.370. The minimum Gasteiger partial charge on any atom is -0.493 e. The summed E-state index contributed by atoms with van der Waals surface area (Å²) in [6, 6.07) is 14.2. The number of para-hydroxylation sites is 1. The van der Waals surface area contributed by atoms with Crippen LogP contribution < -0.4 is 19.7 Å². The Morgan fingerprint density at radius 2 is 1.70 bits per heavy atom. The standard InChI is InChI=1S/C17H19NO5/c1-20-15-9-8-13(12-16(15)21-2)17(19)18-23-11-10-22-14-6-4-3-5-7-14/h3-9,12H,10-11H2,1-2H3,(H,18,19). The molecule has 2 aromatic carbocycles. The molecule has 23 heavy (non-hydrogen) atoms. The van der Waals surface area contributed by atoms with Crippen LogP contribution in [0.4, 0.5) is 0 Å². The maximum Gasteiger partial charge on any atom is 0.274 e. The highest BCUT2D eigenvalue weighted by molar-refractivity contribution is 5.94. The summed E-state index contributed by atoms with van der Waals surface area (Å²) in [5.74, 6) is 1.42. The van der Waals surface area contributed by atoms with Crippen molar-refractivity contribution in [3.05, 3.63) is 54.1 Å². The molecule has 0 aliphatic heterocycles. The van der Waals surface area contributed by atoms with Crippen LogP contribution in [0, 0.1) is 0 Å². The number of nitrogens with one attached hydrogen (secondary N) is 1. The van der Waals surface area contributed by atoms with Gasteiger partial charge >= 0.3 is 0 Å². The number of ether oxygens (including phenoxy) is 3. The highest BCUT2D eigenvalue weighted by Gasteiger charge is 2.10. The highest BCUT2D eigenvalue weighted by atomic mass is 16.7. The molecule has 6 nitrogen and oxygen atoms in total. The number of hydrogen-bond donors (Lipinski definition) is 1. The molecule has 0 aliphatic rings. The molecule has 0 bridgehead atoms. The molecular formula is C17H19NO5. The van der Waals surface area contributed by atoms with Crippen molar-refractivity contribution >= 4 is 5.91 Å². The Hall–Kier alpha value is -2.73. The van der Waals surface area contributed by atoms with Crippen molar-refractivity contribution < 1.29 is 23.8 Å². The third-order valence-electron chi connectivity index (χ3n) is 3.01. The molecule has 0 aromatic heterocycles. The van der Waals surface area contributed by atoms with Gasteiger partial charge < -0.3 is 14.2 Å². The van der Waals surface area contributed by atoms with Gasteiger partial charge in [0.15, 0.2) is 11.5 Å². The summed E-state index contributed by atoms with van der Waals surface area (Å²) in [6.07, 6.45) is 0. The first-order valence-electron chi connectivity index (χ1n) is 7.06. The minimum absolute atomic E-state index is 0.230. The van der Waals surface area contributed by atoms with Gasteiger partial charge in [0, 0.05) is 5.56 Å². The second kappa shape index (κ2) is 8.65. The fraction of sp³-hybridized carbons (Fsp3) is 0.235. The molecule has 122 valence electrons. The average Bonchev–Trinajstić information content (AvgIpc) is 2.61. The topological polar surface area (TPSA) is 66.0 Å². The van der Waals surface area contributed by atoms with Crippen molar-refractivity contribution in [3.63, 3.8) is 0 Å². The van der Waals surface area contributed by atoms with Crippen molar-refractivity contribution in [2.45, 2.75) is 0 Å². The molecule has 0 radical (unpaired) electrons. The molecule has 0 unspecified atom stereocenters. The number of hydroxylamine groups is 1. The van der Waals surface area contributed by atoms with E-state index in [1.807, 2.05) is 30.3 Å². The van der Waals surface area contributed by atoms with Gasteiger partial charge in [-0.25, -0.2) is 5.48 Å². The normalized spacial score (nSPS) is 10.0. The van der Waals surface area contributed by atoms with Crippen LogP contribution in [0.5, 0.6) is 17.2 Å². The largest absolute Gasteiger partial charge is 0.493 e. The Bertz CT molecular complexity index is 630. The number of carbonyl (C=O) groups is 1. The Labute approximate surface area is 134 Å². The van der Waals surface area contributed by atoms with Crippen LogP contribution in [0.3, 0.4) is 0 Å². The van der Waals surface area contributed by atoms with E-state index in [1.54, 1.807) is 18.2 Å². The monoisotopic (exact) mass is 317 g/mol. The van der Waals surface area contributed by atoms with E-state index >= 15 is 0 Å². The van der Waals surface area contributed by atoms with E-state index in [9.17, 15) is 4.79 Å². The summed E-state index contributed by atoms with van der Waals surface area (Å²) in [5.41, 5.74) is 2.77. The maximum absolute atomic E-state index is 12.0. The molecule has 2 rings (SSSR count). The van der Waals surface area contributed by atoms with Crippen LogP contribution in [0.2, 0.25) is 0 Å². The number of amides is 1. The van der Waals surface area contributed by atoms with E-state index in [0.717, 1.165) is 5.75 Å². The first-order valence-corrected chi connectivity index (χ1v) is 7.06. The Morgan fingerprint density at radius 1 is 0.957 bits per heavy atom. The Morgan fingerprint density at radius 3 is 2.39 bits per heavy atom. The summed E-state index contributed by atoms with van der Waals surface area (Å²) in [5, 5.41) is 0. The predicted molar refractivity (Wildman–Crippen MR) is 84.9 cm³/mol. The second-order valence-corrected chi connectivity index (χ2v) is 4.51. The molecule has 1 N–H and O–H groups in total. The zero-order valence-corrected chi connectivity index (χ0v) is 13.1. The summed E-state index contributed by atoms with van der Waals surface area (Å²) < 4.78 is 15.7. The zero-order chi connectivity index (χ0) is 16.5. The predicted octanol–water partition coefficient (Wildman–Crippen LogP) is 2.44. The molecule has 6 heteroatoms. The van der Waals surface area contributed by atoms with Crippen LogP contribution in [0.1, 0.15) is 10.4 Å². The molecular weight excluding hydrogens is 298 g/mol. The summed E-state index contributed by atoms with van der Waals surface area (Å²) in [4.78, 5) is 17.1. The van der Waals surface area contributed by atoms with Gasteiger partial charge in [-0.3, -0.25) is 9.63 Å². The van der Waals surface area contributed by atoms with Gasteiger partial charge in [-0.2, -0.15) is 0 Å². The Kier molecular flexibility index (Phi) is 6.26. The van der Waals surface area contributed by atoms with Crippen molar-refractivity contribution in [1.82, 2.24) is 5.48 Å². The number of benzene rings is 2. The van der Waals surface area contributed by atoms with Crippen molar-refractivity contribution in [3.8, 4) is 17.2 Å². The zero-order valence-electron chi connectivity index (χ0n) is 13.1. The maximum atomic E-state index is 12.0. The number of hydrogen-bond acceptors (Lipinski definition) is 5. The molecule has 0 spiro atoms. The lowest BCUT2D eigenvalue weighted by Gasteiger charge is -2.10. The van der Waals surface area contributed by atoms with Crippen LogP contribution in [0.25, 0.3) is 0 Å². The van der Waals surface area contributed by atoms with Gasteiger partial charge in [0.2, 0.25) is 0 Å². The van der Waals surface area contributed by atoms with E-state index in [1.165, 1.54) is 14.2 Å². The van der Waals surface area contributed by atoms with E-state index < -0.39 is 0 Å². The van der Waals surface area contributed by atoms with Crippen molar-refractivity contribution in [2.75, 3.05) is 27.4 Å². The van der Waals surface area contributed by atoms with Crippen LogP contribution in [-0.4, -0.2) is 33.3 Å². The lowest BCUT2D eigenvalue weighted by Crippen LogP contribution is -2.26. The van der Waals surface area contributed by atoms with Crippen molar-refractivity contribution in [2.24, 2.45) is 0 Å². The van der Waals surface area contributed by atoms with E-state index in [4.69, 9.17) is 19.0 Å². The number of carbonyl (C=O) groups excluding carboxylic acids is 1. The van der Waals surface area contributed by atoms with E-state index in [2.05, 4.69) is 5.48 Å². The van der Waals surface area contributed by atoms with Gasteiger partial charge in [0.25, 0.3) is 5.91 Å². The van der Waals surface area contributed by atoms with E-state index in [-0.39, 0.29) is 12.5 Å². The second-order valence-electron chi connectivity index (χ2n) is 4.51. The molecule has 0 heterocycles. The lowest BCUT2D eigenvalue weighted by atomic mass is 10.2. The summed E-state index contributed by atoms with van der Waals surface area (Å²) in [7, 11) is 3.05. The summed E-state index contributed by atoms with van der Waals surface area (Å²) >= 11 is 0. The molecule has 0 atom stereocenters. The quantitative estimate of drug-likeness (QED) is 0.598. The molecule has 0 fully saturated rings. The Balaban J connectivity index is 1.76. The molecule has 0 saturated carbocycles. The van der Waals surface area contributed by atoms with Gasteiger partial charge in [0.05, 0.1) is 14.2 Å².